The summed E-state index contributed by atoms with van der Waals surface area (Å²) in [6.07, 6.45) is 2.58. The van der Waals surface area contributed by atoms with E-state index in [1.165, 1.54) is 17.1 Å². The summed E-state index contributed by atoms with van der Waals surface area (Å²) in [6, 6.07) is 6.75. The molecule has 1 aromatic carbocycles. The van der Waals surface area contributed by atoms with E-state index in [0.29, 0.717) is 10.7 Å². The van der Waals surface area contributed by atoms with Crippen molar-refractivity contribution < 1.29 is 14.7 Å². The van der Waals surface area contributed by atoms with Crippen molar-refractivity contribution in [3.8, 4) is 0 Å². The number of nitrogens with one attached hydrogen (secondary N) is 1. The number of aromatic nitrogens is 2. The molecule has 98 valence electrons. The van der Waals surface area contributed by atoms with Crippen molar-refractivity contribution in [2.45, 2.75) is 6.54 Å². The average molecular weight is 280 g/mol. The standard InChI is InChI=1S/C12H10ClN3O3/c13-8-2-1-3-9(4-8)15-11(17)6-16-5-10(12(18)19)14-7-16/h1-5,7H,6H2,(H,15,17)(H,18,19). The van der Waals surface area contributed by atoms with Gasteiger partial charge in [-0.25, -0.2) is 9.78 Å². The molecule has 2 N–H and O–H groups in total. The lowest BCUT2D eigenvalue weighted by Gasteiger charge is -2.05. The Morgan fingerprint density at radius 2 is 2.21 bits per heavy atom. The van der Waals surface area contributed by atoms with Crippen LogP contribution in [-0.4, -0.2) is 26.5 Å². The van der Waals surface area contributed by atoms with Crippen LogP contribution in [-0.2, 0) is 11.3 Å². The number of imidazole rings is 1. The Bertz CT molecular complexity index is 624. The number of hydrogen-bond donors (Lipinski definition) is 2. The molecule has 2 aromatic rings. The number of amides is 1. The lowest BCUT2D eigenvalue weighted by atomic mass is 10.3. The molecule has 6 nitrogen and oxygen atoms in total. The summed E-state index contributed by atoms with van der Waals surface area (Å²) < 4.78 is 1.39. The Hall–Kier alpha value is -2.34. The van der Waals surface area contributed by atoms with E-state index < -0.39 is 5.97 Å². The molecule has 1 aromatic heterocycles. The van der Waals surface area contributed by atoms with Crippen LogP contribution in [0, 0.1) is 0 Å². The van der Waals surface area contributed by atoms with Crippen LogP contribution in [0.15, 0.2) is 36.8 Å². The van der Waals surface area contributed by atoms with Gasteiger partial charge in [-0.3, -0.25) is 4.79 Å². The van der Waals surface area contributed by atoms with Gasteiger partial charge in [0.05, 0.1) is 6.33 Å². The minimum atomic E-state index is -1.13. The molecule has 0 aliphatic rings. The van der Waals surface area contributed by atoms with Gasteiger partial charge in [0, 0.05) is 16.9 Å². The summed E-state index contributed by atoms with van der Waals surface area (Å²) in [6.45, 7) is -0.0210. The summed E-state index contributed by atoms with van der Waals surface area (Å²) in [4.78, 5) is 26.0. The number of nitrogens with zero attached hydrogens (tertiary/aromatic N) is 2. The SMILES string of the molecule is O=C(Cn1cnc(C(=O)O)c1)Nc1cccc(Cl)c1. The number of carbonyl (C=O) groups is 2. The first-order valence-corrected chi connectivity index (χ1v) is 5.73. The lowest BCUT2D eigenvalue weighted by molar-refractivity contribution is -0.116. The van der Waals surface area contributed by atoms with Gasteiger partial charge in [0.1, 0.15) is 6.54 Å². The van der Waals surface area contributed by atoms with Crippen LogP contribution in [0.3, 0.4) is 0 Å². The molecule has 0 saturated heterocycles. The summed E-state index contributed by atoms with van der Waals surface area (Å²) in [5, 5.41) is 11.9. The maximum Gasteiger partial charge on any atom is 0.356 e. The molecule has 0 aliphatic carbocycles. The minimum Gasteiger partial charge on any atom is -0.476 e. The molecule has 1 heterocycles. The second-order valence-electron chi connectivity index (χ2n) is 3.79. The normalized spacial score (nSPS) is 10.2. The van der Waals surface area contributed by atoms with Crippen molar-refractivity contribution >= 4 is 29.2 Å². The van der Waals surface area contributed by atoms with Crippen LogP contribution in [0.25, 0.3) is 0 Å². The zero-order chi connectivity index (χ0) is 13.8. The minimum absolute atomic E-state index is 0.0210. The zero-order valence-electron chi connectivity index (χ0n) is 9.71. The number of carbonyl (C=O) groups excluding carboxylic acids is 1. The number of hydrogen-bond acceptors (Lipinski definition) is 3. The summed E-state index contributed by atoms with van der Waals surface area (Å²) in [5.41, 5.74) is 0.478. The third-order valence-electron chi connectivity index (χ3n) is 2.29. The summed E-state index contributed by atoms with van der Waals surface area (Å²) >= 11 is 5.79. The number of anilines is 1. The molecule has 7 heteroatoms. The van der Waals surface area contributed by atoms with Gasteiger partial charge in [-0.05, 0) is 18.2 Å². The van der Waals surface area contributed by atoms with Gasteiger partial charge in [0.15, 0.2) is 5.69 Å². The molecule has 0 saturated carbocycles. The molecule has 1 amide bonds. The van der Waals surface area contributed by atoms with Gasteiger partial charge in [-0.2, -0.15) is 0 Å². The van der Waals surface area contributed by atoms with Gasteiger partial charge in [0.25, 0.3) is 0 Å². The number of benzene rings is 1. The maximum absolute atomic E-state index is 11.7. The molecular formula is C12H10ClN3O3. The third kappa shape index (κ3) is 3.56. The number of carboxylic acids is 1. The predicted octanol–water partition coefficient (Wildman–Crippen LogP) is 1.87. The van der Waals surface area contributed by atoms with Gasteiger partial charge < -0.3 is 15.0 Å². The van der Waals surface area contributed by atoms with E-state index >= 15 is 0 Å². The van der Waals surface area contributed by atoms with Crippen LogP contribution in [0.5, 0.6) is 0 Å². The Balaban J connectivity index is 1.99. The summed E-state index contributed by atoms with van der Waals surface area (Å²) in [5.74, 6) is -1.43. The second-order valence-corrected chi connectivity index (χ2v) is 4.23. The van der Waals surface area contributed by atoms with Crippen LogP contribution in [0.1, 0.15) is 10.5 Å². The van der Waals surface area contributed by atoms with Gasteiger partial charge in [-0.15, -0.1) is 0 Å². The van der Waals surface area contributed by atoms with Crippen LogP contribution in [0.2, 0.25) is 5.02 Å². The fourth-order valence-corrected chi connectivity index (χ4v) is 1.68. The quantitative estimate of drug-likeness (QED) is 0.895. The number of rotatable bonds is 4. The van der Waals surface area contributed by atoms with E-state index in [9.17, 15) is 9.59 Å². The molecule has 0 bridgehead atoms. The summed E-state index contributed by atoms with van der Waals surface area (Å²) in [7, 11) is 0. The fraction of sp³-hybridized carbons (Fsp3) is 0.0833. The molecular weight excluding hydrogens is 270 g/mol. The van der Waals surface area contributed by atoms with Gasteiger partial charge in [-0.1, -0.05) is 17.7 Å². The molecule has 0 aliphatic heterocycles. The van der Waals surface area contributed by atoms with E-state index in [4.69, 9.17) is 16.7 Å². The Morgan fingerprint density at radius 1 is 1.42 bits per heavy atom. The maximum atomic E-state index is 11.7. The van der Waals surface area contributed by atoms with E-state index in [2.05, 4.69) is 10.3 Å². The Morgan fingerprint density at radius 3 is 2.84 bits per heavy atom. The predicted molar refractivity (Wildman–Crippen MR) is 69.3 cm³/mol. The van der Waals surface area contributed by atoms with Crippen LogP contribution >= 0.6 is 11.6 Å². The van der Waals surface area contributed by atoms with Crippen molar-refractivity contribution in [2.75, 3.05) is 5.32 Å². The molecule has 0 spiro atoms. The average Bonchev–Trinajstić information content (AvgIpc) is 2.77. The van der Waals surface area contributed by atoms with E-state index in [1.807, 2.05) is 0 Å². The van der Waals surface area contributed by atoms with Crippen molar-refractivity contribution in [3.63, 3.8) is 0 Å². The highest BCUT2D eigenvalue weighted by Gasteiger charge is 2.09. The monoisotopic (exact) mass is 279 g/mol. The Labute approximate surface area is 113 Å². The molecule has 0 atom stereocenters. The first-order valence-electron chi connectivity index (χ1n) is 5.35. The van der Waals surface area contributed by atoms with Crippen molar-refractivity contribution in [3.05, 3.63) is 47.5 Å². The molecule has 0 unspecified atom stereocenters. The largest absolute Gasteiger partial charge is 0.476 e. The van der Waals surface area contributed by atoms with Gasteiger partial charge >= 0.3 is 5.97 Å². The topological polar surface area (TPSA) is 84.2 Å². The molecule has 0 fully saturated rings. The van der Waals surface area contributed by atoms with E-state index in [-0.39, 0.29) is 18.1 Å². The van der Waals surface area contributed by atoms with Crippen LogP contribution < -0.4 is 5.32 Å². The van der Waals surface area contributed by atoms with Crippen molar-refractivity contribution in [1.29, 1.82) is 0 Å². The van der Waals surface area contributed by atoms with Gasteiger partial charge in [0.2, 0.25) is 5.91 Å². The van der Waals surface area contributed by atoms with E-state index in [0.717, 1.165) is 0 Å². The highest BCUT2D eigenvalue weighted by molar-refractivity contribution is 6.30. The first kappa shape index (κ1) is 13.1. The Kier molecular flexibility index (Phi) is 3.82. The highest BCUT2D eigenvalue weighted by Crippen LogP contribution is 2.14. The first-order chi connectivity index (χ1) is 9.04. The number of halogens is 1. The van der Waals surface area contributed by atoms with Crippen molar-refractivity contribution in [2.24, 2.45) is 0 Å². The number of aromatic carboxylic acids is 1. The number of carboxylic acid groups (broad SMARTS) is 1. The van der Waals surface area contributed by atoms with E-state index in [1.54, 1.807) is 24.3 Å². The molecule has 0 radical (unpaired) electrons. The van der Waals surface area contributed by atoms with Crippen LogP contribution in [0.4, 0.5) is 5.69 Å². The zero-order valence-corrected chi connectivity index (χ0v) is 10.5. The smallest absolute Gasteiger partial charge is 0.356 e. The third-order valence-corrected chi connectivity index (χ3v) is 2.52. The molecule has 19 heavy (non-hydrogen) atoms. The fourth-order valence-electron chi connectivity index (χ4n) is 1.49. The lowest BCUT2D eigenvalue weighted by Crippen LogP contribution is -2.17. The highest BCUT2D eigenvalue weighted by atomic mass is 35.5. The van der Waals surface area contributed by atoms with Crippen molar-refractivity contribution in [1.82, 2.24) is 9.55 Å². The molecule has 2 rings (SSSR count). The second kappa shape index (κ2) is 5.53.